The standard InChI is InChI=1S/C34H34ClF2N7O2S/c1-3-25(45)44(4-2)19-9-14-42(17-19)32-21-15-23(35)27(20-7-8-24(36)30-26(20)22(16-38)31(39)47-30)28(37)29(21)40-33(41-32)46-18-34-10-5-12-43(34)13-6-11-34/h3,7-8,15,19H,1,4-6,9-14,17-18,39H2,2H3. The quantitative estimate of drug-likeness (QED) is 0.210. The average Bonchev–Trinajstić information content (AvgIpc) is 3.85. The van der Waals surface area contributed by atoms with Crippen molar-refractivity contribution in [1.82, 2.24) is 19.8 Å². The summed E-state index contributed by atoms with van der Waals surface area (Å²) >= 11 is 7.79. The Bertz CT molecular complexity index is 1970. The third-order valence-corrected chi connectivity index (χ3v) is 11.4. The Kier molecular flexibility index (Phi) is 8.18. The van der Waals surface area contributed by atoms with Gasteiger partial charge in [-0.05, 0) is 75.9 Å². The maximum Gasteiger partial charge on any atom is 0.319 e. The molecule has 1 atom stereocenters. The molecular formula is C34H34ClF2N7O2S. The van der Waals surface area contributed by atoms with Crippen LogP contribution in [0.25, 0.3) is 32.1 Å². The monoisotopic (exact) mass is 677 g/mol. The number of benzene rings is 2. The fourth-order valence-electron chi connectivity index (χ4n) is 7.78. The van der Waals surface area contributed by atoms with Crippen molar-refractivity contribution >= 4 is 60.7 Å². The molecular weight excluding hydrogens is 644 g/mol. The van der Waals surface area contributed by atoms with Crippen molar-refractivity contribution in [3.05, 3.63) is 53.1 Å². The van der Waals surface area contributed by atoms with Crippen molar-refractivity contribution in [3.63, 3.8) is 0 Å². The fraction of sp³-hybridized carbons (Fsp3) is 0.412. The van der Waals surface area contributed by atoms with E-state index in [1.54, 1.807) is 11.0 Å². The second-order valence-electron chi connectivity index (χ2n) is 12.4. The van der Waals surface area contributed by atoms with Crippen molar-refractivity contribution in [3.8, 4) is 23.2 Å². The summed E-state index contributed by atoms with van der Waals surface area (Å²) in [5.74, 6) is -0.998. The van der Waals surface area contributed by atoms with Crippen LogP contribution >= 0.6 is 22.9 Å². The topological polar surface area (TPSA) is 112 Å². The van der Waals surface area contributed by atoms with Crippen molar-refractivity contribution < 1.29 is 18.3 Å². The largest absolute Gasteiger partial charge is 0.461 e. The average molecular weight is 678 g/mol. The summed E-state index contributed by atoms with van der Waals surface area (Å²) in [7, 11) is 0. The number of carbonyl (C=O) groups is 1. The highest BCUT2D eigenvalue weighted by Crippen LogP contribution is 2.46. The van der Waals surface area contributed by atoms with E-state index in [0.29, 0.717) is 43.9 Å². The minimum absolute atomic E-state index is 0.00579. The van der Waals surface area contributed by atoms with E-state index in [9.17, 15) is 14.4 Å². The molecule has 0 bridgehead atoms. The van der Waals surface area contributed by atoms with Crippen LogP contribution in [-0.2, 0) is 4.79 Å². The lowest BCUT2D eigenvalue weighted by Gasteiger charge is -2.31. The number of aromatic nitrogens is 2. The summed E-state index contributed by atoms with van der Waals surface area (Å²) in [4.78, 5) is 28.3. The normalized spacial score (nSPS) is 19.0. The number of carbonyl (C=O) groups excluding carboxylic acids is 1. The van der Waals surface area contributed by atoms with Crippen LogP contribution in [0.1, 0.15) is 44.6 Å². The Morgan fingerprint density at radius 3 is 2.77 bits per heavy atom. The molecule has 3 aliphatic heterocycles. The predicted molar refractivity (Wildman–Crippen MR) is 181 cm³/mol. The highest BCUT2D eigenvalue weighted by Gasteiger charge is 2.45. The number of hydrogen-bond acceptors (Lipinski definition) is 9. The molecule has 1 unspecified atom stereocenters. The predicted octanol–water partition coefficient (Wildman–Crippen LogP) is 6.52. The van der Waals surface area contributed by atoms with Gasteiger partial charge in [0.1, 0.15) is 34.8 Å². The Hall–Kier alpha value is -4.05. The molecule has 3 saturated heterocycles. The van der Waals surface area contributed by atoms with E-state index in [1.165, 1.54) is 18.2 Å². The first-order valence-electron chi connectivity index (χ1n) is 15.9. The van der Waals surface area contributed by atoms with E-state index in [4.69, 9.17) is 27.1 Å². The number of nitrogens with zero attached hydrogens (tertiary/aromatic N) is 6. The van der Waals surface area contributed by atoms with Crippen molar-refractivity contribution in [2.75, 3.05) is 50.0 Å². The minimum atomic E-state index is -0.739. The van der Waals surface area contributed by atoms with Gasteiger partial charge >= 0.3 is 6.01 Å². The minimum Gasteiger partial charge on any atom is -0.461 e. The lowest BCUT2D eigenvalue weighted by Crippen LogP contribution is -2.43. The number of amides is 1. The molecule has 7 rings (SSSR count). The van der Waals surface area contributed by atoms with Gasteiger partial charge in [0.05, 0.1) is 26.9 Å². The number of nitrogens with two attached hydrogens (primary N) is 1. The lowest BCUT2D eigenvalue weighted by molar-refractivity contribution is -0.127. The molecule has 5 heterocycles. The molecule has 3 aliphatic rings. The number of likely N-dealkylation sites (N-methyl/N-ethyl adjacent to an activating group) is 1. The fourth-order valence-corrected chi connectivity index (χ4v) is 9.02. The molecule has 47 heavy (non-hydrogen) atoms. The lowest BCUT2D eigenvalue weighted by atomic mass is 9.95. The molecule has 2 aromatic heterocycles. The summed E-state index contributed by atoms with van der Waals surface area (Å²) in [6.07, 6.45) is 6.23. The first kappa shape index (κ1) is 31.5. The summed E-state index contributed by atoms with van der Waals surface area (Å²) < 4.78 is 38.3. The van der Waals surface area contributed by atoms with E-state index < -0.39 is 11.6 Å². The highest BCUT2D eigenvalue weighted by atomic mass is 35.5. The number of nitriles is 1. The first-order chi connectivity index (χ1) is 22.7. The highest BCUT2D eigenvalue weighted by molar-refractivity contribution is 7.23. The van der Waals surface area contributed by atoms with Crippen LogP contribution in [0.4, 0.5) is 19.6 Å². The number of fused-ring (bicyclic) bond motifs is 3. The number of thiophene rings is 1. The van der Waals surface area contributed by atoms with Gasteiger partial charge in [-0.1, -0.05) is 24.2 Å². The van der Waals surface area contributed by atoms with Gasteiger partial charge in [0.15, 0.2) is 5.82 Å². The third-order valence-electron chi connectivity index (χ3n) is 10.0. The Morgan fingerprint density at radius 1 is 1.30 bits per heavy atom. The van der Waals surface area contributed by atoms with E-state index in [1.807, 2.05) is 17.9 Å². The molecule has 0 saturated carbocycles. The molecule has 244 valence electrons. The molecule has 3 fully saturated rings. The second-order valence-corrected chi connectivity index (χ2v) is 13.9. The molecule has 4 aromatic rings. The molecule has 0 aliphatic carbocycles. The first-order valence-corrected chi connectivity index (χ1v) is 17.1. The van der Waals surface area contributed by atoms with Crippen LogP contribution in [0, 0.1) is 23.0 Å². The molecule has 0 radical (unpaired) electrons. The Balaban J connectivity index is 1.37. The summed E-state index contributed by atoms with van der Waals surface area (Å²) in [5, 5.41) is 10.6. The molecule has 13 heteroatoms. The zero-order valence-electron chi connectivity index (χ0n) is 26.0. The number of nitrogen functional groups attached to an aromatic ring is 1. The van der Waals surface area contributed by atoms with Gasteiger partial charge in [-0.3, -0.25) is 9.69 Å². The number of anilines is 2. The zero-order chi connectivity index (χ0) is 33.0. The van der Waals surface area contributed by atoms with Crippen LogP contribution in [0.3, 0.4) is 0 Å². The zero-order valence-corrected chi connectivity index (χ0v) is 27.6. The second kappa shape index (κ2) is 12.2. The SMILES string of the molecule is C=CC(=O)N(CC)C1CCN(c2nc(OCC34CCCN3CCC4)nc3c(F)c(-c4ccc(F)c5sc(N)c(C#N)c45)c(Cl)cc23)C1. The van der Waals surface area contributed by atoms with Crippen LogP contribution in [0.2, 0.25) is 5.02 Å². The van der Waals surface area contributed by atoms with E-state index in [-0.39, 0.29) is 65.8 Å². The number of ether oxygens (including phenoxy) is 1. The summed E-state index contributed by atoms with van der Waals surface area (Å²) in [6.45, 7) is 9.57. The van der Waals surface area contributed by atoms with Gasteiger partial charge in [0.2, 0.25) is 5.91 Å². The molecule has 2 N–H and O–H groups in total. The van der Waals surface area contributed by atoms with Crippen LogP contribution in [0.15, 0.2) is 30.9 Å². The maximum absolute atomic E-state index is 17.0. The number of hydrogen-bond donors (Lipinski definition) is 1. The molecule has 0 spiro atoms. The van der Waals surface area contributed by atoms with E-state index in [0.717, 1.165) is 50.1 Å². The third kappa shape index (κ3) is 5.16. The number of rotatable bonds is 8. The van der Waals surface area contributed by atoms with Crippen LogP contribution < -0.4 is 15.4 Å². The van der Waals surface area contributed by atoms with Gasteiger partial charge in [-0.2, -0.15) is 15.2 Å². The van der Waals surface area contributed by atoms with Gasteiger partial charge in [-0.25, -0.2) is 8.78 Å². The number of halogens is 3. The van der Waals surface area contributed by atoms with Gasteiger partial charge in [0.25, 0.3) is 0 Å². The smallest absolute Gasteiger partial charge is 0.319 e. The van der Waals surface area contributed by atoms with E-state index in [2.05, 4.69) is 16.5 Å². The molecule has 9 nitrogen and oxygen atoms in total. The maximum atomic E-state index is 17.0. The van der Waals surface area contributed by atoms with Crippen molar-refractivity contribution in [2.45, 2.75) is 50.6 Å². The summed E-state index contributed by atoms with van der Waals surface area (Å²) in [5.41, 5.74) is 6.28. The van der Waals surface area contributed by atoms with Crippen molar-refractivity contribution in [2.24, 2.45) is 0 Å². The van der Waals surface area contributed by atoms with Crippen molar-refractivity contribution in [1.29, 1.82) is 5.26 Å². The van der Waals surface area contributed by atoms with Gasteiger partial charge in [-0.15, -0.1) is 11.3 Å². The Morgan fingerprint density at radius 2 is 2.06 bits per heavy atom. The van der Waals surface area contributed by atoms with Crippen LogP contribution in [-0.4, -0.2) is 76.6 Å². The van der Waals surface area contributed by atoms with Crippen LogP contribution in [0.5, 0.6) is 6.01 Å². The van der Waals surface area contributed by atoms with E-state index >= 15 is 4.39 Å². The van der Waals surface area contributed by atoms with Gasteiger partial charge in [0, 0.05) is 36.0 Å². The molecule has 1 amide bonds. The summed E-state index contributed by atoms with van der Waals surface area (Å²) in [6, 6.07) is 6.24. The van der Waals surface area contributed by atoms with Gasteiger partial charge < -0.3 is 20.3 Å². The Labute approximate surface area is 280 Å². The molecule has 2 aromatic carbocycles.